The molecule has 0 unspecified atom stereocenters. The molecule has 4 heterocycles. The Labute approximate surface area is 326 Å². The second kappa shape index (κ2) is 16.4. The number of fused-ring (bicyclic) bond motifs is 1. The predicted octanol–water partition coefficient (Wildman–Crippen LogP) is 10.3. The summed E-state index contributed by atoms with van der Waals surface area (Å²) in [6.07, 6.45) is 17.5. The Morgan fingerprint density at radius 1 is 0.382 bits per heavy atom. The summed E-state index contributed by atoms with van der Waals surface area (Å²) >= 11 is 0. The van der Waals surface area contributed by atoms with E-state index in [0.29, 0.717) is 11.8 Å². The van der Waals surface area contributed by atoms with Gasteiger partial charge >= 0.3 is 0 Å². The van der Waals surface area contributed by atoms with Gasteiger partial charge in [-0.05, 0) is 39.5 Å². The van der Waals surface area contributed by atoms with E-state index in [0.717, 1.165) is 13.1 Å². The second-order valence-corrected chi connectivity index (χ2v) is 14.9. The van der Waals surface area contributed by atoms with Gasteiger partial charge in [0.15, 0.2) is 62.7 Å². The van der Waals surface area contributed by atoms with Gasteiger partial charge in [0.2, 0.25) is 11.4 Å². The van der Waals surface area contributed by atoms with Gasteiger partial charge in [-0.2, -0.15) is 9.13 Å². The fraction of sp³-hybridized carbons (Fsp3) is 0.176. The summed E-state index contributed by atoms with van der Waals surface area (Å²) in [6, 6.07) is 48.4. The van der Waals surface area contributed by atoms with Crippen molar-refractivity contribution in [3.63, 3.8) is 0 Å². The lowest BCUT2D eigenvalue weighted by atomic mass is 9.98. The van der Waals surface area contributed by atoms with Crippen LogP contribution in [0.4, 0.5) is 0 Å². The number of benzene rings is 4. The topological polar surface area (TPSA) is 15.5 Å². The average molecular weight is 721 g/mol. The molecule has 8 rings (SSSR count). The van der Waals surface area contributed by atoms with Crippen LogP contribution in [-0.4, -0.2) is 0 Å². The fourth-order valence-corrected chi connectivity index (χ4v) is 7.65. The number of pyridine rings is 4. The first-order chi connectivity index (χ1) is 26.4. The van der Waals surface area contributed by atoms with Crippen molar-refractivity contribution in [3.05, 3.63) is 205 Å². The first-order valence-corrected chi connectivity index (χ1v) is 19.1. The van der Waals surface area contributed by atoms with Crippen molar-refractivity contribution in [2.45, 2.75) is 60.0 Å². The van der Waals surface area contributed by atoms with Crippen molar-refractivity contribution in [1.82, 2.24) is 0 Å². The van der Waals surface area contributed by atoms with Crippen LogP contribution in [0.15, 0.2) is 183 Å². The van der Waals surface area contributed by atoms with Gasteiger partial charge in [-0.1, -0.05) is 108 Å². The van der Waals surface area contributed by atoms with Gasteiger partial charge in [-0.3, -0.25) is 0 Å². The lowest BCUT2D eigenvalue weighted by molar-refractivity contribution is -0.688. The van der Waals surface area contributed by atoms with Gasteiger partial charge in [0.25, 0.3) is 0 Å². The Morgan fingerprint density at radius 3 is 1.09 bits per heavy atom. The number of hydrogen-bond donors (Lipinski definition) is 0. The molecule has 0 fully saturated rings. The quantitative estimate of drug-likeness (QED) is 0.125. The Balaban J connectivity index is 0.00000465. The van der Waals surface area contributed by atoms with Crippen LogP contribution in [0.1, 0.15) is 69.2 Å². The molecule has 0 N–H and O–H groups in total. The summed E-state index contributed by atoms with van der Waals surface area (Å²) in [5.41, 5.74) is 12.6. The molecule has 4 heteroatoms. The highest BCUT2D eigenvalue weighted by Crippen LogP contribution is 2.25. The van der Waals surface area contributed by atoms with Crippen LogP contribution in [0.5, 0.6) is 0 Å². The SMILES string of the molecule is C.CC(C)c1ccccc1-[n+]1ccc(-c2cc[n+](Cc3cccc4cccc(C[n+]5ccc(-c6cc[n+](-c7ccccc7C(C)C)cc6)cc5)c34)cc2)cc1. The molecule has 0 atom stereocenters. The Bertz CT molecular complexity index is 2340. The molecule has 4 aromatic carbocycles. The molecule has 0 aliphatic heterocycles. The highest BCUT2D eigenvalue weighted by molar-refractivity contribution is 5.88. The zero-order valence-electron chi connectivity index (χ0n) is 31.7. The van der Waals surface area contributed by atoms with Crippen molar-refractivity contribution in [2.24, 2.45) is 0 Å². The molecule has 0 spiro atoms. The van der Waals surface area contributed by atoms with E-state index in [1.807, 2.05) is 0 Å². The number of nitrogens with zero attached hydrogens (tertiary/aromatic N) is 4. The summed E-state index contributed by atoms with van der Waals surface area (Å²) in [7, 11) is 0. The van der Waals surface area contributed by atoms with Gasteiger partial charge < -0.3 is 0 Å². The minimum atomic E-state index is 0. The average Bonchev–Trinajstić information content (AvgIpc) is 3.22. The maximum absolute atomic E-state index is 2.28. The monoisotopic (exact) mass is 720 g/mol. The molecule has 4 nitrogen and oxygen atoms in total. The zero-order chi connectivity index (χ0) is 37.0. The third-order valence-corrected chi connectivity index (χ3v) is 10.6. The van der Waals surface area contributed by atoms with Crippen LogP contribution >= 0.6 is 0 Å². The highest BCUT2D eigenvalue weighted by atomic mass is 15.0. The van der Waals surface area contributed by atoms with E-state index in [2.05, 4.69) is 229 Å². The molecular weight excluding hydrogens is 669 g/mol. The van der Waals surface area contributed by atoms with E-state index < -0.39 is 0 Å². The van der Waals surface area contributed by atoms with Crippen LogP contribution in [0.25, 0.3) is 44.4 Å². The summed E-state index contributed by atoms with van der Waals surface area (Å²) in [4.78, 5) is 0. The van der Waals surface area contributed by atoms with Crippen molar-refractivity contribution in [3.8, 4) is 33.6 Å². The Morgan fingerprint density at radius 2 is 0.727 bits per heavy atom. The highest BCUT2D eigenvalue weighted by Gasteiger charge is 2.18. The maximum Gasteiger partial charge on any atom is 0.214 e. The van der Waals surface area contributed by atoms with E-state index in [1.54, 1.807) is 0 Å². The van der Waals surface area contributed by atoms with Crippen molar-refractivity contribution < 1.29 is 18.3 Å². The van der Waals surface area contributed by atoms with Gasteiger partial charge in [-0.25, -0.2) is 9.13 Å². The molecule has 8 aromatic rings. The van der Waals surface area contributed by atoms with E-state index in [9.17, 15) is 0 Å². The first kappa shape index (κ1) is 37.1. The van der Waals surface area contributed by atoms with Crippen LogP contribution in [-0.2, 0) is 13.1 Å². The molecule has 0 bridgehead atoms. The maximum atomic E-state index is 2.28. The van der Waals surface area contributed by atoms with E-state index >= 15 is 0 Å². The minimum Gasteiger partial charge on any atom is -0.201 e. The summed E-state index contributed by atoms with van der Waals surface area (Å²) in [5.74, 6) is 0.933. The van der Waals surface area contributed by atoms with E-state index in [-0.39, 0.29) is 7.43 Å². The minimum absolute atomic E-state index is 0. The number of aromatic nitrogens is 4. The molecule has 4 aromatic heterocycles. The predicted molar refractivity (Wildman–Crippen MR) is 224 cm³/mol. The number of rotatable bonds is 10. The smallest absolute Gasteiger partial charge is 0.201 e. The standard InChI is InChI=1S/C50H48N4.CH4/c1-37(2)46-15-5-7-17-48(46)53-31-23-41(24-32-53)39-19-27-51(28-20-39)35-44-13-9-11-43-12-10-14-45(50(43)44)36-52-29-21-40(22-30-52)42-25-33-54(34-26-42)49-18-8-6-16-47(49)38(3)4;/h5-34,37-38H,35-36H2,1-4H3;1H4/q+4;. The largest absolute Gasteiger partial charge is 0.214 e. The zero-order valence-corrected chi connectivity index (χ0v) is 31.7. The molecule has 0 aliphatic rings. The summed E-state index contributed by atoms with van der Waals surface area (Å²) < 4.78 is 9.00. The molecule has 0 saturated heterocycles. The third kappa shape index (κ3) is 8.00. The van der Waals surface area contributed by atoms with Gasteiger partial charge in [0.05, 0.1) is 0 Å². The molecule has 55 heavy (non-hydrogen) atoms. The normalized spacial score (nSPS) is 11.2. The molecule has 0 amide bonds. The van der Waals surface area contributed by atoms with Gasteiger partial charge in [0, 0.05) is 88.3 Å². The number of hydrogen-bond acceptors (Lipinski definition) is 0. The van der Waals surface area contributed by atoms with E-state index in [1.165, 1.54) is 66.7 Å². The lowest BCUT2D eigenvalue weighted by Crippen LogP contribution is -2.34. The van der Waals surface area contributed by atoms with Crippen molar-refractivity contribution in [2.75, 3.05) is 0 Å². The Hall–Kier alpha value is -6.26. The van der Waals surface area contributed by atoms with Crippen LogP contribution in [0, 0.1) is 0 Å². The molecule has 0 saturated carbocycles. The second-order valence-electron chi connectivity index (χ2n) is 14.9. The van der Waals surface area contributed by atoms with Crippen LogP contribution in [0.2, 0.25) is 0 Å². The third-order valence-electron chi connectivity index (χ3n) is 10.6. The van der Waals surface area contributed by atoms with Gasteiger partial charge in [-0.15, -0.1) is 0 Å². The first-order valence-electron chi connectivity index (χ1n) is 19.1. The Kier molecular flexibility index (Phi) is 11.1. The van der Waals surface area contributed by atoms with E-state index in [4.69, 9.17) is 0 Å². The lowest BCUT2D eigenvalue weighted by Gasteiger charge is -2.10. The van der Waals surface area contributed by atoms with Gasteiger partial charge in [0.1, 0.15) is 0 Å². The molecule has 0 aliphatic carbocycles. The van der Waals surface area contributed by atoms with Crippen molar-refractivity contribution >= 4 is 10.8 Å². The van der Waals surface area contributed by atoms with Crippen molar-refractivity contribution in [1.29, 1.82) is 0 Å². The summed E-state index contributed by atoms with van der Waals surface area (Å²) in [6.45, 7) is 10.6. The fourth-order valence-electron chi connectivity index (χ4n) is 7.65. The molecular formula is C51H52N4+4. The summed E-state index contributed by atoms with van der Waals surface area (Å²) in [5, 5.41) is 2.60. The molecule has 0 radical (unpaired) electrons. The number of para-hydroxylation sites is 2. The van der Waals surface area contributed by atoms with Crippen LogP contribution in [0.3, 0.4) is 0 Å². The molecule has 272 valence electrons. The van der Waals surface area contributed by atoms with Crippen LogP contribution < -0.4 is 18.3 Å².